The van der Waals surface area contributed by atoms with Gasteiger partial charge in [-0.3, -0.25) is 4.79 Å². The van der Waals surface area contributed by atoms with E-state index in [9.17, 15) is 4.79 Å². The van der Waals surface area contributed by atoms with Gasteiger partial charge in [0, 0.05) is 30.7 Å². The number of fused-ring (bicyclic) bond motifs is 3. The van der Waals surface area contributed by atoms with Crippen LogP contribution in [0.3, 0.4) is 0 Å². The molecular weight excluding hydrogens is 276 g/mol. The molecule has 2 atom stereocenters. The van der Waals surface area contributed by atoms with Crippen LogP contribution in [-0.2, 0) is 11.2 Å². The summed E-state index contributed by atoms with van der Waals surface area (Å²) < 4.78 is 5.28. The van der Waals surface area contributed by atoms with Crippen LogP contribution in [-0.4, -0.2) is 31.6 Å². The maximum atomic E-state index is 12.7. The van der Waals surface area contributed by atoms with Gasteiger partial charge in [-0.05, 0) is 61.8 Å². The number of hydrogen-bond acceptors (Lipinski definition) is 3. The number of methoxy groups -OCH3 is 1. The summed E-state index contributed by atoms with van der Waals surface area (Å²) in [5.41, 5.74) is 2.32. The standard InChI is InChI=1S/C18H24N2O2/c1-22-16-4-5-17-13(11-16)6-7-20(17)18(21)10-12-8-14-2-3-15(9-12)19-14/h4-5,11-12,14-15,19H,2-3,6-10H2,1H3. The number of anilines is 1. The second-order valence-electron chi connectivity index (χ2n) is 6.97. The molecule has 3 heterocycles. The van der Waals surface area contributed by atoms with E-state index in [0.29, 0.717) is 30.3 Å². The van der Waals surface area contributed by atoms with Crippen molar-refractivity contribution in [3.63, 3.8) is 0 Å². The maximum absolute atomic E-state index is 12.7. The second-order valence-corrected chi connectivity index (χ2v) is 6.97. The molecule has 1 amide bonds. The summed E-state index contributed by atoms with van der Waals surface area (Å²) in [5, 5.41) is 3.65. The highest BCUT2D eigenvalue weighted by Crippen LogP contribution is 2.35. The van der Waals surface area contributed by atoms with Crippen LogP contribution in [0.1, 0.15) is 37.7 Å². The second kappa shape index (κ2) is 5.58. The molecule has 2 fully saturated rings. The van der Waals surface area contributed by atoms with Crippen LogP contribution in [0.5, 0.6) is 5.75 Å². The first kappa shape index (κ1) is 14.1. The van der Waals surface area contributed by atoms with Gasteiger partial charge in [0.25, 0.3) is 0 Å². The van der Waals surface area contributed by atoms with E-state index in [2.05, 4.69) is 11.4 Å². The van der Waals surface area contributed by atoms with E-state index in [0.717, 1.165) is 24.4 Å². The highest BCUT2D eigenvalue weighted by Gasteiger charge is 2.35. The Kier molecular flexibility index (Phi) is 3.57. The lowest BCUT2D eigenvalue weighted by Crippen LogP contribution is -2.40. The predicted octanol–water partition coefficient (Wildman–Crippen LogP) is 2.50. The van der Waals surface area contributed by atoms with E-state index in [1.807, 2.05) is 17.0 Å². The molecule has 0 saturated carbocycles. The highest BCUT2D eigenvalue weighted by atomic mass is 16.5. The van der Waals surface area contributed by atoms with Crippen molar-refractivity contribution in [3.05, 3.63) is 23.8 Å². The quantitative estimate of drug-likeness (QED) is 0.932. The minimum atomic E-state index is 0.301. The molecule has 0 radical (unpaired) electrons. The summed E-state index contributed by atoms with van der Waals surface area (Å²) >= 11 is 0. The van der Waals surface area contributed by atoms with E-state index in [1.54, 1.807) is 7.11 Å². The van der Waals surface area contributed by atoms with Crippen LogP contribution < -0.4 is 15.0 Å². The van der Waals surface area contributed by atoms with Crippen LogP contribution in [0.2, 0.25) is 0 Å². The molecule has 22 heavy (non-hydrogen) atoms. The summed E-state index contributed by atoms with van der Waals surface area (Å²) in [6, 6.07) is 7.37. The monoisotopic (exact) mass is 300 g/mol. The number of piperidine rings is 1. The zero-order valence-corrected chi connectivity index (χ0v) is 13.2. The average molecular weight is 300 g/mol. The first-order valence-electron chi connectivity index (χ1n) is 8.46. The van der Waals surface area contributed by atoms with Gasteiger partial charge >= 0.3 is 0 Å². The zero-order chi connectivity index (χ0) is 15.1. The van der Waals surface area contributed by atoms with Crippen molar-refractivity contribution in [2.24, 2.45) is 5.92 Å². The van der Waals surface area contributed by atoms with Gasteiger partial charge in [-0.25, -0.2) is 0 Å². The topological polar surface area (TPSA) is 41.6 Å². The summed E-state index contributed by atoms with van der Waals surface area (Å²) in [5.74, 6) is 1.74. The van der Waals surface area contributed by atoms with Gasteiger partial charge in [0.1, 0.15) is 5.75 Å². The molecule has 0 aliphatic carbocycles. The van der Waals surface area contributed by atoms with Crippen molar-refractivity contribution < 1.29 is 9.53 Å². The van der Waals surface area contributed by atoms with Crippen LogP contribution in [0.15, 0.2) is 18.2 Å². The summed E-state index contributed by atoms with van der Waals surface area (Å²) in [4.78, 5) is 14.7. The Bertz CT molecular complexity index is 574. The lowest BCUT2D eigenvalue weighted by molar-refractivity contribution is -0.119. The fourth-order valence-corrected chi connectivity index (χ4v) is 4.46. The van der Waals surface area contributed by atoms with Gasteiger partial charge in [0.15, 0.2) is 0 Å². The first-order chi connectivity index (χ1) is 10.7. The number of carbonyl (C=O) groups is 1. The Balaban J connectivity index is 1.44. The average Bonchev–Trinajstić information content (AvgIpc) is 3.09. The number of amides is 1. The van der Waals surface area contributed by atoms with Gasteiger partial charge in [-0.2, -0.15) is 0 Å². The molecule has 4 heteroatoms. The predicted molar refractivity (Wildman–Crippen MR) is 86.3 cm³/mol. The molecule has 0 spiro atoms. The Morgan fingerprint density at radius 3 is 2.82 bits per heavy atom. The summed E-state index contributed by atoms with van der Waals surface area (Å²) in [6.45, 7) is 0.819. The third kappa shape index (κ3) is 2.50. The van der Waals surface area contributed by atoms with Crippen LogP contribution in [0, 0.1) is 5.92 Å². The molecule has 2 bridgehead atoms. The first-order valence-corrected chi connectivity index (χ1v) is 8.46. The number of hydrogen-bond donors (Lipinski definition) is 1. The Morgan fingerprint density at radius 2 is 2.09 bits per heavy atom. The molecular formula is C18H24N2O2. The van der Waals surface area contributed by atoms with Gasteiger partial charge in [-0.15, -0.1) is 0 Å². The number of benzene rings is 1. The highest BCUT2D eigenvalue weighted by molar-refractivity contribution is 5.95. The smallest absolute Gasteiger partial charge is 0.227 e. The third-order valence-corrected chi connectivity index (χ3v) is 5.52. The molecule has 4 nitrogen and oxygen atoms in total. The Labute approximate surface area is 131 Å². The van der Waals surface area contributed by atoms with E-state index in [4.69, 9.17) is 4.74 Å². The summed E-state index contributed by atoms with van der Waals surface area (Å²) in [6.07, 6.45) is 6.58. The van der Waals surface area contributed by atoms with Crippen LogP contribution in [0.4, 0.5) is 5.69 Å². The maximum Gasteiger partial charge on any atom is 0.227 e. The number of rotatable bonds is 3. The molecule has 2 saturated heterocycles. The molecule has 3 aliphatic rings. The number of ether oxygens (including phenoxy) is 1. The summed E-state index contributed by atoms with van der Waals surface area (Å²) in [7, 11) is 1.69. The lowest BCUT2D eigenvalue weighted by atomic mass is 9.89. The van der Waals surface area contributed by atoms with Gasteiger partial charge in [-0.1, -0.05) is 0 Å². The van der Waals surface area contributed by atoms with Crippen molar-refractivity contribution in [2.75, 3.05) is 18.6 Å². The van der Waals surface area contributed by atoms with Crippen LogP contribution in [0.25, 0.3) is 0 Å². The number of nitrogens with one attached hydrogen (secondary N) is 1. The molecule has 1 N–H and O–H groups in total. The van der Waals surface area contributed by atoms with Gasteiger partial charge < -0.3 is 15.0 Å². The molecule has 118 valence electrons. The molecule has 3 aliphatic heterocycles. The fourth-order valence-electron chi connectivity index (χ4n) is 4.46. The Morgan fingerprint density at radius 1 is 1.32 bits per heavy atom. The number of carbonyl (C=O) groups excluding carboxylic acids is 1. The largest absolute Gasteiger partial charge is 0.497 e. The SMILES string of the molecule is COc1ccc2c(c1)CCN2C(=O)CC1CC2CCC(C1)N2. The fraction of sp³-hybridized carbons (Fsp3) is 0.611. The minimum Gasteiger partial charge on any atom is -0.497 e. The van der Waals surface area contributed by atoms with Crippen molar-refractivity contribution in [3.8, 4) is 5.75 Å². The molecule has 1 aromatic carbocycles. The molecule has 4 rings (SSSR count). The van der Waals surface area contributed by atoms with Gasteiger partial charge in [0.05, 0.1) is 7.11 Å². The van der Waals surface area contributed by atoms with E-state index < -0.39 is 0 Å². The van der Waals surface area contributed by atoms with Crippen LogP contribution >= 0.6 is 0 Å². The van der Waals surface area contributed by atoms with Crippen molar-refractivity contribution in [1.82, 2.24) is 5.32 Å². The molecule has 0 aromatic heterocycles. The molecule has 2 unspecified atom stereocenters. The van der Waals surface area contributed by atoms with E-state index in [-0.39, 0.29) is 0 Å². The lowest BCUT2D eigenvalue weighted by Gasteiger charge is -2.30. The normalized spacial score (nSPS) is 29.5. The molecule has 1 aromatic rings. The van der Waals surface area contributed by atoms with Gasteiger partial charge in [0.2, 0.25) is 5.91 Å². The number of nitrogens with zero attached hydrogens (tertiary/aromatic N) is 1. The minimum absolute atomic E-state index is 0.301. The van der Waals surface area contributed by atoms with E-state index >= 15 is 0 Å². The zero-order valence-electron chi connectivity index (χ0n) is 13.2. The van der Waals surface area contributed by atoms with Crippen molar-refractivity contribution in [1.29, 1.82) is 0 Å². The van der Waals surface area contributed by atoms with Crippen molar-refractivity contribution >= 4 is 11.6 Å². The van der Waals surface area contributed by atoms with E-state index in [1.165, 1.54) is 31.2 Å². The van der Waals surface area contributed by atoms with Crippen molar-refractivity contribution in [2.45, 2.75) is 50.6 Å². The Hall–Kier alpha value is -1.55. The third-order valence-electron chi connectivity index (χ3n) is 5.52.